The summed E-state index contributed by atoms with van der Waals surface area (Å²) in [5.41, 5.74) is 0.00137. The van der Waals surface area contributed by atoms with Gasteiger partial charge in [0.25, 0.3) is 0 Å². The highest BCUT2D eigenvalue weighted by atomic mass is 16.9. The van der Waals surface area contributed by atoms with Crippen LogP contribution in [0.2, 0.25) is 0 Å². The molecule has 0 amide bonds. The molecule has 0 N–H and O–H groups in total. The average molecular weight is 401 g/mol. The minimum Gasteiger partial charge on any atom is -0.474 e. The molecule has 0 saturated carbocycles. The predicted octanol–water partition coefficient (Wildman–Crippen LogP) is 6.30. The third-order valence-electron chi connectivity index (χ3n) is 5.46. The van der Waals surface area contributed by atoms with E-state index < -0.39 is 11.6 Å². The highest BCUT2D eigenvalue weighted by molar-refractivity contribution is 5.30. The van der Waals surface area contributed by atoms with Crippen molar-refractivity contribution in [3.63, 3.8) is 0 Å². The monoisotopic (exact) mass is 400 g/mol. The van der Waals surface area contributed by atoms with Crippen molar-refractivity contribution >= 4 is 0 Å². The van der Waals surface area contributed by atoms with Crippen LogP contribution in [-0.2, 0) is 19.8 Å². The van der Waals surface area contributed by atoms with Crippen molar-refractivity contribution in [3.8, 4) is 5.75 Å². The van der Waals surface area contributed by atoms with Crippen LogP contribution in [-0.4, -0.2) is 27.3 Å². The van der Waals surface area contributed by atoms with Gasteiger partial charge < -0.3 is 18.9 Å². The molecule has 0 fully saturated rings. The lowest BCUT2D eigenvalue weighted by molar-refractivity contribution is -0.420. The molecule has 2 rings (SSSR count). The van der Waals surface area contributed by atoms with Crippen LogP contribution in [0.3, 0.4) is 0 Å². The number of hydrogen-bond acceptors (Lipinski definition) is 4. The Labute approximate surface area is 176 Å². The number of hydrogen-bond donors (Lipinski definition) is 0. The van der Waals surface area contributed by atoms with Crippen LogP contribution in [0.4, 0.5) is 0 Å². The summed E-state index contributed by atoms with van der Waals surface area (Å²) in [7, 11) is 4.79. The molecular formula is C25H36O4. The van der Waals surface area contributed by atoms with Gasteiger partial charge in [-0.3, -0.25) is 0 Å². The number of benzene rings is 2. The van der Waals surface area contributed by atoms with Gasteiger partial charge in [-0.1, -0.05) is 87.6 Å². The van der Waals surface area contributed by atoms with E-state index in [1.807, 2.05) is 60.7 Å². The Morgan fingerprint density at radius 2 is 1.17 bits per heavy atom. The van der Waals surface area contributed by atoms with Crippen molar-refractivity contribution in [1.29, 1.82) is 0 Å². The molecule has 2 aromatic rings. The number of para-hydroxylation sites is 1. The molecule has 4 nitrogen and oxygen atoms in total. The lowest BCUT2D eigenvalue weighted by atomic mass is 9.84. The molecule has 0 radical (unpaired) electrons. The minimum atomic E-state index is -1.38. The Bertz CT molecular complexity index is 661. The van der Waals surface area contributed by atoms with Crippen molar-refractivity contribution in [3.05, 3.63) is 66.2 Å². The van der Waals surface area contributed by atoms with Gasteiger partial charge in [-0.2, -0.15) is 0 Å². The summed E-state index contributed by atoms with van der Waals surface area (Å²) in [6, 6.07) is 19.9. The van der Waals surface area contributed by atoms with E-state index in [-0.39, 0.29) is 0 Å². The van der Waals surface area contributed by atoms with E-state index in [9.17, 15) is 0 Å². The Balaban J connectivity index is 2.43. The van der Waals surface area contributed by atoms with Gasteiger partial charge >= 0.3 is 5.97 Å². The van der Waals surface area contributed by atoms with E-state index in [2.05, 4.69) is 6.92 Å². The van der Waals surface area contributed by atoms with Crippen LogP contribution in [0.25, 0.3) is 0 Å². The molecule has 0 saturated heterocycles. The lowest BCUT2D eigenvalue weighted by Gasteiger charge is -2.46. The predicted molar refractivity (Wildman–Crippen MR) is 117 cm³/mol. The maximum absolute atomic E-state index is 6.68. The van der Waals surface area contributed by atoms with E-state index in [4.69, 9.17) is 18.9 Å². The second-order valence-corrected chi connectivity index (χ2v) is 7.29. The Hall–Kier alpha value is -1.88. The van der Waals surface area contributed by atoms with Crippen molar-refractivity contribution in [2.24, 2.45) is 0 Å². The summed E-state index contributed by atoms with van der Waals surface area (Å²) in [6.45, 7) is 2.23. The fraction of sp³-hybridized carbons (Fsp3) is 0.520. The van der Waals surface area contributed by atoms with Gasteiger partial charge in [0.15, 0.2) is 0 Å². The first-order valence-corrected chi connectivity index (χ1v) is 10.6. The quantitative estimate of drug-likeness (QED) is 0.275. The third kappa shape index (κ3) is 5.59. The van der Waals surface area contributed by atoms with Crippen molar-refractivity contribution in [1.82, 2.24) is 0 Å². The zero-order valence-electron chi connectivity index (χ0n) is 18.4. The standard InChI is InChI=1S/C25H36O4/c1-5-6-7-8-9-16-21-24(22-17-12-10-13-18-22,25(26-2,27-3)28-4)29-23-19-14-11-15-20-23/h10-15,17-20H,5-9,16,21H2,1-4H3. The van der Waals surface area contributed by atoms with Gasteiger partial charge in [0.1, 0.15) is 5.75 Å². The lowest BCUT2D eigenvalue weighted by Crippen LogP contribution is -2.59. The van der Waals surface area contributed by atoms with E-state index >= 15 is 0 Å². The number of unbranched alkanes of at least 4 members (excludes halogenated alkanes) is 5. The first-order chi connectivity index (χ1) is 14.2. The first-order valence-electron chi connectivity index (χ1n) is 10.6. The molecule has 0 aliphatic rings. The first kappa shape index (κ1) is 23.4. The van der Waals surface area contributed by atoms with Crippen LogP contribution < -0.4 is 4.74 Å². The highest BCUT2D eigenvalue weighted by Crippen LogP contribution is 2.45. The van der Waals surface area contributed by atoms with E-state index in [1.165, 1.54) is 25.7 Å². The summed E-state index contributed by atoms with van der Waals surface area (Å²) in [5, 5.41) is 0. The molecule has 0 heterocycles. The SMILES string of the molecule is CCCCCCCCC(Oc1ccccc1)(c1ccccc1)C(OC)(OC)OC. The number of ether oxygens (including phenoxy) is 4. The summed E-state index contributed by atoms with van der Waals surface area (Å²) in [6.07, 6.45) is 7.80. The Morgan fingerprint density at radius 3 is 1.72 bits per heavy atom. The van der Waals surface area contributed by atoms with E-state index in [1.54, 1.807) is 21.3 Å². The van der Waals surface area contributed by atoms with Crippen LogP contribution in [0, 0.1) is 0 Å². The fourth-order valence-corrected chi connectivity index (χ4v) is 3.94. The number of rotatable bonds is 14. The molecule has 29 heavy (non-hydrogen) atoms. The molecule has 0 aliphatic carbocycles. The molecule has 0 aliphatic heterocycles. The molecule has 2 aromatic carbocycles. The van der Waals surface area contributed by atoms with Crippen LogP contribution >= 0.6 is 0 Å². The van der Waals surface area contributed by atoms with Crippen molar-refractivity contribution < 1.29 is 18.9 Å². The van der Waals surface area contributed by atoms with Gasteiger partial charge in [0.2, 0.25) is 5.60 Å². The average Bonchev–Trinajstić information content (AvgIpc) is 2.78. The maximum atomic E-state index is 6.68. The van der Waals surface area contributed by atoms with Crippen molar-refractivity contribution in [2.45, 2.75) is 63.4 Å². The largest absolute Gasteiger partial charge is 0.474 e. The molecular weight excluding hydrogens is 364 g/mol. The van der Waals surface area contributed by atoms with Gasteiger partial charge in [0, 0.05) is 26.9 Å². The second-order valence-electron chi connectivity index (χ2n) is 7.29. The highest BCUT2D eigenvalue weighted by Gasteiger charge is 2.57. The molecule has 160 valence electrons. The molecule has 0 spiro atoms. The van der Waals surface area contributed by atoms with Crippen LogP contribution in [0.5, 0.6) is 5.75 Å². The smallest absolute Gasteiger partial charge is 0.329 e. The van der Waals surface area contributed by atoms with Gasteiger partial charge in [-0.25, -0.2) is 0 Å². The normalized spacial score (nSPS) is 13.8. The minimum absolute atomic E-state index is 0.702. The molecule has 1 atom stereocenters. The van der Waals surface area contributed by atoms with E-state index in [0.717, 1.165) is 24.2 Å². The fourth-order valence-electron chi connectivity index (χ4n) is 3.94. The number of methoxy groups -OCH3 is 3. The molecule has 4 heteroatoms. The van der Waals surface area contributed by atoms with E-state index in [0.29, 0.717) is 6.42 Å². The second kappa shape index (κ2) is 12.0. The van der Waals surface area contributed by atoms with Gasteiger partial charge in [0.05, 0.1) is 0 Å². The summed E-state index contributed by atoms with van der Waals surface area (Å²) < 4.78 is 24.2. The zero-order chi connectivity index (χ0) is 21.0. The van der Waals surface area contributed by atoms with Gasteiger partial charge in [-0.05, 0) is 25.0 Å². The van der Waals surface area contributed by atoms with Crippen LogP contribution in [0.15, 0.2) is 60.7 Å². The van der Waals surface area contributed by atoms with Gasteiger partial charge in [-0.15, -0.1) is 0 Å². The topological polar surface area (TPSA) is 36.9 Å². The third-order valence-corrected chi connectivity index (χ3v) is 5.46. The maximum Gasteiger partial charge on any atom is 0.329 e. The van der Waals surface area contributed by atoms with Crippen LogP contribution in [0.1, 0.15) is 57.4 Å². The molecule has 0 aromatic heterocycles. The summed E-state index contributed by atoms with van der Waals surface area (Å²) in [5.74, 6) is -0.633. The Morgan fingerprint density at radius 1 is 0.655 bits per heavy atom. The Kier molecular flexibility index (Phi) is 9.65. The zero-order valence-corrected chi connectivity index (χ0v) is 18.4. The summed E-state index contributed by atoms with van der Waals surface area (Å²) >= 11 is 0. The molecule has 0 bridgehead atoms. The van der Waals surface area contributed by atoms with Crippen molar-refractivity contribution in [2.75, 3.05) is 21.3 Å². The summed E-state index contributed by atoms with van der Waals surface area (Å²) in [4.78, 5) is 0. The molecule has 1 unspecified atom stereocenters.